The summed E-state index contributed by atoms with van der Waals surface area (Å²) in [6.07, 6.45) is 6.48. The molecule has 1 amide bonds. The molecule has 0 radical (unpaired) electrons. The lowest BCUT2D eigenvalue weighted by Crippen LogP contribution is -2.48. The minimum Gasteiger partial charge on any atom is -0.468 e. The third-order valence-electron chi connectivity index (χ3n) is 7.68. The van der Waals surface area contributed by atoms with Gasteiger partial charge in [-0.15, -0.1) is 23.7 Å². The van der Waals surface area contributed by atoms with Crippen LogP contribution in [0, 0.1) is 0 Å². The summed E-state index contributed by atoms with van der Waals surface area (Å²) in [6.45, 7) is 5.14. The van der Waals surface area contributed by atoms with Crippen LogP contribution in [0.1, 0.15) is 54.1 Å². The number of benzene rings is 1. The maximum absolute atomic E-state index is 12.9. The van der Waals surface area contributed by atoms with Crippen molar-refractivity contribution in [2.75, 3.05) is 39.8 Å². The number of fused-ring (bicyclic) bond motifs is 1. The molecule has 2 aromatic rings. The molecule has 1 atom stereocenters. The third kappa shape index (κ3) is 6.42. The number of carbonyl (C=O) groups is 2. The molecule has 2 saturated heterocycles. The predicted molar refractivity (Wildman–Crippen MR) is 148 cm³/mol. The molecule has 0 saturated carbocycles. The molecule has 4 heterocycles. The van der Waals surface area contributed by atoms with Crippen LogP contribution in [-0.2, 0) is 22.5 Å². The second-order valence-corrected chi connectivity index (χ2v) is 11.4. The van der Waals surface area contributed by atoms with E-state index in [1.165, 1.54) is 55.7 Å². The number of hydrogen-bond acceptors (Lipinski definition) is 7. The summed E-state index contributed by atoms with van der Waals surface area (Å²) in [4.78, 5) is 33.4. The van der Waals surface area contributed by atoms with Crippen LogP contribution in [0.25, 0.3) is 0 Å². The number of amides is 1. The molecule has 5 rings (SSSR count). The quantitative estimate of drug-likeness (QED) is 0.442. The smallest absolute Gasteiger partial charge is 0.416 e. The van der Waals surface area contributed by atoms with Gasteiger partial charge in [0.1, 0.15) is 6.04 Å². The minimum absolute atomic E-state index is 0. The van der Waals surface area contributed by atoms with Gasteiger partial charge in [-0.05, 0) is 68.5 Å². The van der Waals surface area contributed by atoms with Crippen molar-refractivity contribution in [1.29, 1.82) is 0 Å². The third-order valence-corrected chi connectivity index (χ3v) is 9.14. The topological polar surface area (TPSA) is 62.3 Å². The zero-order valence-electron chi connectivity index (χ0n) is 21.2. The van der Waals surface area contributed by atoms with E-state index in [2.05, 4.69) is 9.80 Å². The number of thiophene rings is 1. The second-order valence-electron chi connectivity index (χ2n) is 9.86. The molecule has 1 aromatic carbocycles. The monoisotopic (exact) mass is 567 g/mol. The van der Waals surface area contributed by atoms with Crippen LogP contribution in [0.3, 0.4) is 0 Å². The molecule has 10 heteroatoms. The molecule has 0 N–H and O–H groups in total. The Hall–Kier alpha value is -1.84. The standard InChI is InChI=1S/C27H34ClN3O4S.ClH/c1-34-26(32)25(21-7-3-4-8-22(21)28)31-16-11-23-19(18-31)17-24(36-23)35-27(33)30-14-9-20(10-15-30)29-12-5-2-6-13-29;/h3-4,7-8,17,20,25H,2,5-6,9-16,18H2,1H3;1H/t25-;/m0./s1. The number of rotatable bonds is 5. The fraction of sp³-hybridized carbons (Fsp3) is 0.556. The SMILES string of the molecule is COC(=O)[C@H](c1ccccc1Cl)N1CCc2sc(OC(=O)N3CCC(N4CCCCC4)CC3)cc2C1.Cl. The Kier molecular flexibility index (Phi) is 9.75. The van der Waals surface area contributed by atoms with Gasteiger partial charge in [-0.3, -0.25) is 4.90 Å². The molecule has 0 aliphatic carbocycles. The summed E-state index contributed by atoms with van der Waals surface area (Å²) < 4.78 is 10.9. The zero-order valence-corrected chi connectivity index (χ0v) is 23.6. The summed E-state index contributed by atoms with van der Waals surface area (Å²) in [5, 5.41) is 1.17. The first-order valence-electron chi connectivity index (χ1n) is 12.9. The first-order chi connectivity index (χ1) is 17.5. The summed E-state index contributed by atoms with van der Waals surface area (Å²) in [6, 6.07) is 9.35. The molecular formula is C27H35Cl2N3O4S. The lowest BCUT2D eigenvalue weighted by atomic mass is 10.0. The molecule has 3 aliphatic rings. The van der Waals surface area contributed by atoms with Crippen molar-refractivity contribution >= 4 is 47.4 Å². The van der Waals surface area contributed by atoms with Crippen LogP contribution >= 0.6 is 35.3 Å². The van der Waals surface area contributed by atoms with Gasteiger partial charge in [0.25, 0.3) is 0 Å². The highest BCUT2D eigenvalue weighted by atomic mass is 35.5. The first kappa shape index (κ1) is 28.2. The lowest BCUT2D eigenvalue weighted by molar-refractivity contribution is -0.147. The van der Waals surface area contributed by atoms with E-state index in [9.17, 15) is 9.59 Å². The van der Waals surface area contributed by atoms with Gasteiger partial charge in [0, 0.05) is 42.1 Å². The number of nitrogens with zero attached hydrogens (tertiary/aromatic N) is 3. The van der Waals surface area contributed by atoms with Gasteiger partial charge < -0.3 is 19.3 Å². The fourth-order valence-electron chi connectivity index (χ4n) is 5.73. The average molecular weight is 569 g/mol. The van der Waals surface area contributed by atoms with Crippen LogP contribution < -0.4 is 4.74 Å². The Labute approximate surface area is 234 Å². The Bertz CT molecular complexity index is 1080. The van der Waals surface area contributed by atoms with Crippen molar-refractivity contribution < 1.29 is 19.1 Å². The molecule has 2 fully saturated rings. The van der Waals surface area contributed by atoms with Crippen molar-refractivity contribution in [3.63, 3.8) is 0 Å². The molecule has 37 heavy (non-hydrogen) atoms. The Balaban J connectivity index is 0.00000320. The number of methoxy groups -OCH3 is 1. The number of esters is 1. The Morgan fingerprint density at radius 2 is 1.78 bits per heavy atom. The predicted octanol–water partition coefficient (Wildman–Crippen LogP) is 5.54. The van der Waals surface area contributed by atoms with E-state index < -0.39 is 6.04 Å². The van der Waals surface area contributed by atoms with E-state index in [-0.39, 0.29) is 24.5 Å². The molecule has 3 aliphatic heterocycles. The van der Waals surface area contributed by atoms with Crippen molar-refractivity contribution in [3.05, 3.63) is 51.4 Å². The number of piperidine rings is 2. The van der Waals surface area contributed by atoms with Crippen LogP contribution in [0.15, 0.2) is 30.3 Å². The maximum atomic E-state index is 12.9. The number of carbonyl (C=O) groups excluding carboxylic acids is 2. The molecule has 0 spiro atoms. The van der Waals surface area contributed by atoms with Crippen LogP contribution in [0.5, 0.6) is 5.06 Å². The molecule has 7 nitrogen and oxygen atoms in total. The number of halogens is 2. The van der Waals surface area contributed by atoms with Crippen molar-refractivity contribution in [3.8, 4) is 5.06 Å². The van der Waals surface area contributed by atoms with Crippen LogP contribution in [0.4, 0.5) is 4.79 Å². The van der Waals surface area contributed by atoms with Crippen molar-refractivity contribution in [2.24, 2.45) is 0 Å². The molecular weight excluding hydrogens is 533 g/mol. The lowest BCUT2D eigenvalue weighted by Gasteiger charge is -2.39. The highest BCUT2D eigenvalue weighted by Gasteiger charge is 2.34. The van der Waals surface area contributed by atoms with E-state index in [0.29, 0.717) is 29.2 Å². The Morgan fingerprint density at radius 3 is 2.49 bits per heavy atom. The van der Waals surface area contributed by atoms with Gasteiger partial charge in [0.05, 0.1) is 7.11 Å². The van der Waals surface area contributed by atoms with Gasteiger partial charge in [-0.2, -0.15) is 0 Å². The second kappa shape index (κ2) is 12.8. The molecule has 202 valence electrons. The van der Waals surface area contributed by atoms with Gasteiger partial charge in [-0.1, -0.05) is 36.2 Å². The summed E-state index contributed by atoms with van der Waals surface area (Å²) in [5.74, 6) is -0.332. The van der Waals surface area contributed by atoms with E-state index >= 15 is 0 Å². The number of ether oxygens (including phenoxy) is 2. The minimum atomic E-state index is -0.580. The fourth-order valence-corrected chi connectivity index (χ4v) is 6.97. The van der Waals surface area contributed by atoms with Crippen LogP contribution in [-0.4, -0.2) is 72.6 Å². The van der Waals surface area contributed by atoms with E-state index in [4.69, 9.17) is 21.1 Å². The first-order valence-corrected chi connectivity index (χ1v) is 14.1. The van der Waals surface area contributed by atoms with E-state index in [0.717, 1.165) is 43.5 Å². The number of likely N-dealkylation sites (tertiary alicyclic amines) is 2. The average Bonchev–Trinajstić information content (AvgIpc) is 3.32. The van der Waals surface area contributed by atoms with Gasteiger partial charge >= 0.3 is 12.1 Å². The highest BCUT2D eigenvalue weighted by Crippen LogP contribution is 2.38. The largest absolute Gasteiger partial charge is 0.468 e. The van der Waals surface area contributed by atoms with Crippen molar-refractivity contribution in [2.45, 2.75) is 57.2 Å². The molecule has 0 bridgehead atoms. The zero-order chi connectivity index (χ0) is 25.1. The van der Waals surface area contributed by atoms with Crippen molar-refractivity contribution in [1.82, 2.24) is 14.7 Å². The summed E-state index contributed by atoms with van der Waals surface area (Å²) in [5.41, 5.74) is 1.82. The van der Waals surface area contributed by atoms with E-state index in [1.54, 1.807) is 6.07 Å². The highest BCUT2D eigenvalue weighted by molar-refractivity contribution is 7.14. The van der Waals surface area contributed by atoms with Gasteiger partial charge in [0.2, 0.25) is 0 Å². The molecule has 0 unspecified atom stereocenters. The summed E-state index contributed by atoms with van der Waals surface area (Å²) >= 11 is 7.96. The van der Waals surface area contributed by atoms with Gasteiger partial charge in [-0.25, -0.2) is 9.59 Å². The normalized spacial score (nSPS) is 20.0. The summed E-state index contributed by atoms with van der Waals surface area (Å²) in [7, 11) is 1.40. The Morgan fingerprint density at radius 1 is 1.05 bits per heavy atom. The maximum Gasteiger partial charge on any atom is 0.416 e. The van der Waals surface area contributed by atoms with E-state index in [1.807, 2.05) is 29.2 Å². The van der Waals surface area contributed by atoms with Gasteiger partial charge in [0.15, 0.2) is 5.06 Å². The van der Waals surface area contributed by atoms with Crippen LogP contribution in [0.2, 0.25) is 5.02 Å². The molecule has 1 aromatic heterocycles. The number of hydrogen-bond donors (Lipinski definition) is 0.